The number of pyridine rings is 1. The standard InChI is InChI=1S/C14H24N4/c1-3-18(10-13-4-7-16-8-5-13)14(11-15)6-9-17(2)12-14/h4-5,7-8H,3,6,9-12,15H2,1-2H3. The Balaban J connectivity index is 2.12. The van der Waals surface area contributed by atoms with E-state index in [2.05, 4.69) is 40.9 Å². The second-order valence-corrected chi connectivity index (χ2v) is 5.29. The molecule has 1 aliphatic heterocycles. The summed E-state index contributed by atoms with van der Waals surface area (Å²) < 4.78 is 0. The topological polar surface area (TPSA) is 45.4 Å². The molecule has 2 rings (SSSR count). The third kappa shape index (κ3) is 2.71. The smallest absolute Gasteiger partial charge is 0.0473 e. The van der Waals surface area contributed by atoms with Crippen LogP contribution in [-0.2, 0) is 6.54 Å². The van der Waals surface area contributed by atoms with Crippen molar-refractivity contribution in [2.45, 2.75) is 25.4 Å². The maximum Gasteiger partial charge on any atom is 0.0473 e. The summed E-state index contributed by atoms with van der Waals surface area (Å²) in [6.07, 6.45) is 4.89. The van der Waals surface area contributed by atoms with Gasteiger partial charge in [-0.15, -0.1) is 0 Å². The van der Waals surface area contributed by atoms with Crippen LogP contribution < -0.4 is 5.73 Å². The molecule has 0 spiro atoms. The summed E-state index contributed by atoms with van der Waals surface area (Å²) in [5.41, 5.74) is 7.54. The molecule has 1 aromatic heterocycles. The van der Waals surface area contributed by atoms with Crippen LogP contribution >= 0.6 is 0 Å². The lowest BCUT2D eigenvalue weighted by Gasteiger charge is -2.40. The van der Waals surface area contributed by atoms with Crippen LogP contribution in [0.2, 0.25) is 0 Å². The molecular weight excluding hydrogens is 224 g/mol. The van der Waals surface area contributed by atoms with Gasteiger partial charge in [-0.3, -0.25) is 9.88 Å². The molecule has 1 atom stereocenters. The van der Waals surface area contributed by atoms with E-state index in [9.17, 15) is 0 Å². The van der Waals surface area contributed by atoms with E-state index in [1.807, 2.05) is 12.4 Å². The van der Waals surface area contributed by atoms with Crippen LogP contribution in [0.4, 0.5) is 0 Å². The second-order valence-electron chi connectivity index (χ2n) is 5.29. The zero-order chi connectivity index (χ0) is 13.0. The highest BCUT2D eigenvalue weighted by Crippen LogP contribution is 2.27. The van der Waals surface area contributed by atoms with Crippen molar-refractivity contribution in [3.05, 3.63) is 30.1 Å². The van der Waals surface area contributed by atoms with Gasteiger partial charge < -0.3 is 10.6 Å². The monoisotopic (exact) mass is 248 g/mol. The summed E-state index contributed by atoms with van der Waals surface area (Å²) in [7, 11) is 2.18. The number of aromatic nitrogens is 1. The van der Waals surface area contributed by atoms with E-state index in [4.69, 9.17) is 5.73 Å². The first-order valence-corrected chi connectivity index (χ1v) is 6.73. The van der Waals surface area contributed by atoms with Crippen LogP contribution in [0.3, 0.4) is 0 Å². The van der Waals surface area contributed by atoms with E-state index in [-0.39, 0.29) is 5.54 Å². The maximum atomic E-state index is 6.08. The molecule has 100 valence electrons. The average molecular weight is 248 g/mol. The minimum Gasteiger partial charge on any atom is -0.329 e. The van der Waals surface area contributed by atoms with E-state index in [1.54, 1.807) is 0 Å². The Morgan fingerprint density at radius 2 is 2.17 bits per heavy atom. The van der Waals surface area contributed by atoms with E-state index >= 15 is 0 Å². The molecule has 1 aliphatic rings. The molecule has 1 saturated heterocycles. The second kappa shape index (κ2) is 5.78. The molecule has 0 aliphatic carbocycles. The number of nitrogens with zero attached hydrogens (tertiary/aromatic N) is 3. The van der Waals surface area contributed by atoms with Crippen molar-refractivity contribution in [3.63, 3.8) is 0 Å². The van der Waals surface area contributed by atoms with Crippen molar-refractivity contribution in [1.29, 1.82) is 0 Å². The van der Waals surface area contributed by atoms with Gasteiger partial charge in [-0.2, -0.15) is 0 Å². The number of rotatable bonds is 5. The minimum absolute atomic E-state index is 0.146. The molecule has 1 fully saturated rings. The molecule has 1 aromatic rings. The fourth-order valence-corrected chi connectivity index (χ4v) is 2.94. The molecule has 0 radical (unpaired) electrons. The lowest BCUT2D eigenvalue weighted by atomic mass is 9.95. The zero-order valence-corrected chi connectivity index (χ0v) is 11.5. The molecule has 4 nitrogen and oxygen atoms in total. The van der Waals surface area contributed by atoms with Gasteiger partial charge in [0.15, 0.2) is 0 Å². The summed E-state index contributed by atoms with van der Waals surface area (Å²) in [5.74, 6) is 0. The maximum absolute atomic E-state index is 6.08. The minimum atomic E-state index is 0.146. The molecule has 0 saturated carbocycles. The third-order valence-electron chi connectivity index (χ3n) is 4.08. The first-order chi connectivity index (χ1) is 8.70. The SMILES string of the molecule is CCN(Cc1ccncc1)C1(CN)CCN(C)C1. The van der Waals surface area contributed by atoms with Gasteiger partial charge in [-0.25, -0.2) is 0 Å². The van der Waals surface area contributed by atoms with E-state index in [0.29, 0.717) is 0 Å². The van der Waals surface area contributed by atoms with Crippen LogP contribution in [0, 0.1) is 0 Å². The van der Waals surface area contributed by atoms with Crippen molar-refractivity contribution in [1.82, 2.24) is 14.8 Å². The predicted octanol–water partition coefficient (Wildman–Crippen LogP) is 0.937. The Labute approximate surface area is 110 Å². The van der Waals surface area contributed by atoms with E-state index < -0.39 is 0 Å². The number of likely N-dealkylation sites (N-methyl/N-ethyl adjacent to an activating group) is 2. The summed E-state index contributed by atoms with van der Waals surface area (Å²) >= 11 is 0. The van der Waals surface area contributed by atoms with Crippen molar-refractivity contribution in [3.8, 4) is 0 Å². The van der Waals surface area contributed by atoms with Gasteiger partial charge in [0.05, 0.1) is 0 Å². The molecule has 2 N–H and O–H groups in total. The molecule has 1 unspecified atom stereocenters. The molecule has 18 heavy (non-hydrogen) atoms. The third-order valence-corrected chi connectivity index (χ3v) is 4.08. The molecule has 0 aromatic carbocycles. The fourth-order valence-electron chi connectivity index (χ4n) is 2.94. The number of likely N-dealkylation sites (tertiary alicyclic amines) is 1. The Morgan fingerprint density at radius 3 is 2.67 bits per heavy atom. The first kappa shape index (κ1) is 13.5. The summed E-state index contributed by atoms with van der Waals surface area (Å²) in [5, 5.41) is 0. The van der Waals surface area contributed by atoms with Crippen molar-refractivity contribution >= 4 is 0 Å². The molecule has 0 amide bonds. The normalized spacial score (nSPS) is 24.9. The highest BCUT2D eigenvalue weighted by Gasteiger charge is 2.39. The Morgan fingerprint density at radius 1 is 1.44 bits per heavy atom. The van der Waals surface area contributed by atoms with Gasteiger partial charge in [0.25, 0.3) is 0 Å². The molecule has 2 heterocycles. The van der Waals surface area contributed by atoms with Crippen molar-refractivity contribution in [2.75, 3.05) is 33.2 Å². The highest BCUT2D eigenvalue weighted by atomic mass is 15.3. The van der Waals surface area contributed by atoms with Gasteiger partial charge in [-0.05, 0) is 44.3 Å². The first-order valence-electron chi connectivity index (χ1n) is 6.73. The molecule has 0 bridgehead atoms. The van der Waals surface area contributed by atoms with E-state index in [0.717, 1.165) is 32.7 Å². The van der Waals surface area contributed by atoms with Crippen LogP contribution in [0.1, 0.15) is 18.9 Å². The molecule has 4 heteroatoms. The van der Waals surface area contributed by atoms with Gasteiger partial charge in [0.1, 0.15) is 0 Å². The fraction of sp³-hybridized carbons (Fsp3) is 0.643. The Hall–Kier alpha value is -0.970. The van der Waals surface area contributed by atoms with Gasteiger partial charge in [-0.1, -0.05) is 6.92 Å². The predicted molar refractivity (Wildman–Crippen MR) is 74.2 cm³/mol. The Kier molecular flexibility index (Phi) is 4.32. The highest BCUT2D eigenvalue weighted by molar-refractivity contribution is 5.11. The quantitative estimate of drug-likeness (QED) is 0.842. The summed E-state index contributed by atoms with van der Waals surface area (Å²) in [6, 6.07) is 4.18. The summed E-state index contributed by atoms with van der Waals surface area (Å²) in [4.78, 5) is 8.97. The van der Waals surface area contributed by atoms with Crippen LogP contribution in [0.25, 0.3) is 0 Å². The van der Waals surface area contributed by atoms with Crippen molar-refractivity contribution in [2.24, 2.45) is 5.73 Å². The van der Waals surface area contributed by atoms with Gasteiger partial charge in [0, 0.05) is 37.6 Å². The lowest BCUT2D eigenvalue weighted by molar-refractivity contribution is 0.0996. The van der Waals surface area contributed by atoms with Gasteiger partial charge >= 0.3 is 0 Å². The largest absolute Gasteiger partial charge is 0.329 e. The lowest BCUT2D eigenvalue weighted by Crippen LogP contribution is -2.55. The molecular formula is C14H24N4. The Bertz CT molecular complexity index is 367. The van der Waals surface area contributed by atoms with Crippen LogP contribution in [0.15, 0.2) is 24.5 Å². The van der Waals surface area contributed by atoms with Crippen molar-refractivity contribution < 1.29 is 0 Å². The summed E-state index contributed by atoms with van der Waals surface area (Å²) in [6.45, 7) is 7.16. The number of hydrogen-bond donors (Lipinski definition) is 1. The van der Waals surface area contributed by atoms with E-state index in [1.165, 1.54) is 12.0 Å². The van der Waals surface area contributed by atoms with Crippen LogP contribution in [0.5, 0.6) is 0 Å². The average Bonchev–Trinajstić information content (AvgIpc) is 2.80. The van der Waals surface area contributed by atoms with Gasteiger partial charge in [0.2, 0.25) is 0 Å². The number of nitrogens with two attached hydrogens (primary N) is 1. The zero-order valence-electron chi connectivity index (χ0n) is 11.5. The number of hydrogen-bond acceptors (Lipinski definition) is 4. The van der Waals surface area contributed by atoms with Crippen LogP contribution in [-0.4, -0.2) is 53.5 Å².